The minimum atomic E-state index is -0.815. The summed E-state index contributed by atoms with van der Waals surface area (Å²) < 4.78 is 10.9. The van der Waals surface area contributed by atoms with Gasteiger partial charge < -0.3 is 20.1 Å². The lowest BCUT2D eigenvalue weighted by atomic mass is 9.90. The zero-order valence-electron chi connectivity index (χ0n) is 15.5. The average molecular weight is 391 g/mol. The number of carbonyl (C=O) groups is 2. The number of ether oxygens (including phenoxy) is 2. The second-order valence-electron chi connectivity index (χ2n) is 5.90. The predicted molar refractivity (Wildman–Crippen MR) is 105 cm³/mol. The predicted octanol–water partition coefficient (Wildman–Crippen LogP) is 3.36. The van der Waals surface area contributed by atoms with E-state index >= 15 is 0 Å². The second kappa shape index (κ2) is 9.39. The molecule has 0 aliphatic carbocycles. The molecule has 0 heterocycles. The molecule has 2 rings (SSSR count). The Hall–Kier alpha value is -2.57. The summed E-state index contributed by atoms with van der Waals surface area (Å²) in [6.45, 7) is 2.11. The fourth-order valence-corrected chi connectivity index (χ4v) is 2.94. The molecule has 27 heavy (non-hydrogen) atoms. The van der Waals surface area contributed by atoms with E-state index in [2.05, 4.69) is 10.6 Å². The lowest BCUT2D eigenvalue weighted by molar-refractivity contribution is -0.137. The maximum Gasteiger partial charge on any atom is 0.313 e. The maximum atomic E-state index is 12.3. The van der Waals surface area contributed by atoms with Gasteiger partial charge in [0, 0.05) is 12.1 Å². The molecule has 144 valence electrons. The number of amides is 2. The van der Waals surface area contributed by atoms with Crippen molar-refractivity contribution >= 4 is 29.1 Å². The van der Waals surface area contributed by atoms with Crippen LogP contribution in [0.15, 0.2) is 48.5 Å². The molecular formula is C20H23ClN2O4. The van der Waals surface area contributed by atoms with E-state index in [0.717, 1.165) is 5.56 Å². The molecule has 0 aromatic heterocycles. The van der Waals surface area contributed by atoms with Crippen molar-refractivity contribution in [3.63, 3.8) is 0 Å². The summed E-state index contributed by atoms with van der Waals surface area (Å²) in [5, 5.41) is 5.58. The monoisotopic (exact) mass is 390 g/mol. The van der Waals surface area contributed by atoms with E-state index < -0.39 is 17.4 Å². The first-order chi connectivity index (χ1) is 13.0. The summed E-state index contributed by atoms with van der Waals surface area (Å²) in [6.07, 6.45) is 0.623. The molecule has 1 atom stereocenters. The van der Waals surface area contributed by atoms with E-state index in [1.807, 2.05) is 37.3 Å². The number of rotatable bonds is 7. The van der Waals surface area contributed by atoms with Gasteiger partial charge in [-0.3, -0.25) is 9.59 Å². The molecule has 2 N–H and O–H groups in total. The molecule has 0 saturated heterocycles. The minimum Gasteiger partial charge on any atom is -0.495 e. The van der Waals surface area contributed by atoms with Crippen LogP contribution in [-0.2, 0) is 19.9 Å². The van der Waals surface area contributed by atoms with Crippen molar-refractivity contribution < 1.29 is 19.1 Å². The first-order valence-corrected chi connectivity index (χ1v) is 8.87. The van der Waals surface area contributed by atoms with Gasteiger partial charge in [-0.05, 0) is 30.2 Å². The first kappa shape index (κ1) is 20.7. The van der Waals surface area contributed by atoms with Gasteiger partial charge in [0.1, 0.15) is 11.4 Å². The van der Waals surface area contributed by atoms with Gasteiger partial charge in [-0.1, -0.05) is 48.9 Å². The Kier molecular flexibility index (Phi) is 7.21. The number of hydrogen-bond acceptors (Lipinski definition) is 4. The summed E-state index contributed by atoms with van der Waals surface area (Å²) in [7, 11) is 3.05. The highest BCUT2D eigenvalue weighted by Crippen LogP contribution is 2.29. The van der Waals surface area contributed by atoms with Crippen LogP contribution in [0.25, 0.3) is 0 Å². The molecule has 2 aromatic rings. The molecule has 0 radical (unpaired) electrons. The highest BCUT2D eigenvalue weighted by atomic mass is 35.5. The van der Waals surface area contributed by atoms with E-state index in [1.54, 1.807) is 19.2 Å². The van der Waals surface area contributed by atoms with E-state index in [0.29, 0.717) is 22.9 Å². The number of methoxy groups -OCH3 is 2. The standard InChI is InChI=1S/C20H23ClN2O4/c1-4-20(27-3,14-8-6-5-7-9-14)13-22-18(24)19(25)23-16-12-15(21)10-11-17(16)26-2/h5-12H,4,13H2,1-3H3,(H,22,24)(H,23,25)/t20-/m0/s1. The average Bonchev–Trinajstić information content (AvgIpc) is 2.70. The fourth-order valence-electron chi connectivity index (χ4n) is 2.77. The molecule has 0 spiro atoms. The maximum absolute atomic E-state index is 12.3. The molecule has 0 bridgehead atoms. The van der Waals surface area contributed by atoms with Crippen LogP contribution in [-0.4, -0.2) is 32.6 Å². The lowest BCUT2D eigenvalue weighted by Gasteiger charge is -2.32. The minimum absolute atomic E-state index is 0.156. The zero-order chi connectivity index (χ0) is 19.9. The molecule has 2 amide bonds. The fraction of sp³-hybridized carbons (Fsp3) is 0.300. The van der Waals surface area contributed by atoms with E-state index in [-0.39, 0.29) is 6.54 Å². The summed E-state index contributed by atoms with van der Waals surface area (Å²) in [6, 6.07) is 14.3. The van der Waals surface area contributed by atoms with Crippen LogP contribution in [0, 0.1) is 0 Å². The molecule has 7 heteroatoms. The van der Waals surface area contributed by atoms with Gasteiger partial charge in [0.15, 0.2) is 0 Å². The summed E-state index contributed by atoms with van der Waals surface area (Å²) >= 11 is 5.94. The van der Waals surface area contributed by atoms with Crippen LogP contribution >= 0.6 is 11.6 Å². The molecule has 0 unspecified atom stereocenters. The van der Waals surface area contributed by atoms with Gasteiger partial charge in [-0.15, -0.1) is 0 Å². The molecule has 0 saturated carbocycles. The third kappa shape index (κ3) is 4.99. The normalized spacial score (nSPS) is 12.7. The number of carbonyl (C=O) groups excluding carboxylic acids is 2. The van der Waals surface area contributed by atoms with Crippen molar-refractivity contribution in [1.82, 2.24) is 5.32 Å². The molecule has 6 nitrogen and oxygen atoms in total. The Balaban J connectivity index is 2.08. The SMILES string of the molecule is CC[C@@](CNC(=O)C(=O)Nc1cc(Cl)ccc1OC)(OC)c1ccccc1. The van der Waals surface area contributed by atoms with Crippen molar-refractivity contribution in [2.24, 2.45) is 0 Å². The Bertz CT molecular complexity index is 792. The van der Waals surface area contributed by atoms with Crippen LogP contribution in [0.2, 0.25) is 5.02 Å². The van der Waals surface area contributed by atoms with Crippen LogP contribution in [0.5, 0.6) is 5.75 Å². The van der Waals surface area contributed by atoms with Crippen molar-refractivity contribution in [3.05, 3.63) is 59.1 Å². The van der Waals surface area contributed by atoms with Crippen LogP contribution in [0.3, 0.4) is 0 Å². The van der Waals surface area contributed by atoms with Gasteiger partial charge in [-0.25, -0.2) is 0 Å². The largest absolute Gasteiger partial charge is 0.495 e. The highest BCUT2D eigenvalue weighted by Gasteiger charge is 2.31. The van der Waals surface area contributed by atoms with E-state index in [4.69, 9.17) is 21.1 Å². The highest BCUT2D eigenvalue weighted by molar-refractivity contribution is 6.40. The Morgan fingerprint density at radius 1 is 1.07 bits per heavy atom. The quantitative estimate of drug-likeness (QED) is 0.711. The van der Waals surface area contributed by atoms with Gasteiger partial charge in [0.25, 0.3) is 0 Å². The number of benzene rings is 2. The van der Waals surface area contributed by atoms with Crippen molar-refractivity contribution in [2.75, 3.05) is 26.1 Å². The van der Waals surface area contributed by atoms with Crippen molar-refractivity contribution in [3.8, 4) is 5.75 Å². The number of anilines is 1. The second-order valence-corrected chi connectivity index (χ2v) is 6.34. The third-order valence-corrected chi connectivity index (χ3v) is 4.65. The van der Waals surface area contributed by atoms with Crippen LogP contribution < -0.4 is 15.4 Å². The third-order valence-electron chi connectivity index (χ3n) is 4.41. The van der Waals surface area contributed by atoms with Gasteiger partial charge in [0.2, 0.25) is 0 Å². The van der Waals surface area contributed by atoms with Gasteiger partial charge in [-0.2, -0.15) is 0 Å². The van der Waals surface area contributed by atoms with Crippen LogP contribution in [0.4, 0.5) is 5.69 Å². The molecule has 2 aromatic carbocycles. The molecule has 0 fully saturated rings. The van der Waals surface area contributed by atoms with Gasteiger partial charge in [0.05, 0.1) is 19.3 Å². The van der Waals surface area contributed by atoms with Crippen molar-refractivity contribution in [1.29, 1.82) is 0 Å². The van der Waals surface area contributed by atoms with E-state index in [9.17, 15) is 9.59 Å². The smallest absolute Gasteiger partial charge is 0.313 e. The van der Waals surface area contributed by atoms with Gasteiger partial charge >= 0.3 is 11.8 Å². The lowest BCUT2D eigenvalue weighted by Crippen LogP contribution is -2.45. The molecule has 0 aliphatic rings. The summed E-state index contributed by atoms with van der Waals surface area (Å²) in [5.41, 5.74) is 0.527. The number of hydrogen-bond donors (Lipinski definition) is 2. The zero-order valence-corrected chi connectivity index (χ0v) is 16.3. The van der Waals surface area contributed by atoms with Crippen LogP contribution in [0.1, 0.15) is 18.9 Å². The summed E-state index contributed by atoms with van der Waals surface area (Å²) in [4.78, 5) is 24.5. The molecular weight excluding hydrogens is 368 g/mol. The van der Waals surface area contributed by atoms with E-state index in [1.165, 1.54) is 13.2 Å². The Morgan fingerprint density at radius 3 is 2.37 bits per heavy atom. The summed E-state index contributed by atoms with van der Waals surface area (Å²) in [5.74, 6) is -1.18. The molecule has 0 aliphatic heterocycles. The topological polar surface area (TPSA) is 76.7 Å². The number of halogens is 1. The van der Waals surface area contributed by atoms with Crippen molar-refractivity contribution in [2.45, 2.75) is 18.9 Å². The Labute approximate surface area is 163 Å². The Morgan fingerprint density at radius 2 is 1.78 bits per heavy atom. The number of nitrogens with one attached hydrogen (secondary N) is 2. The first-order valence-electron chi connectivity index (χ1n) is 8.49.